The summed E-state index contributed by atoms with van der Waals surface area (Å²) in [6, 6.07) is 3.75. The molecule has 4 rings (SSSR count). The van der Waals surface area contributed by atoms with Crippen LogP contribution in [0.2, 0.25) is 0 Å². The number of amides is 3. The molecule has 168 valence electrons. The highest BCUT2D eigenvalue weighted by Gasteiger charge is 2.48. The molecule has 1 spiro atoms. The Morgan fingerprint density at radius 1 is 1.03 bits per heavy atom. The number of aromatic nitrogens is 1. The summed E-state index contributed by atoms with van der Waals surface area (Å²) in [5.41, 5.74) is 6.29. The summed E-state index contributed by atoms with van der Waals surface area (Å²) in [5, 5.41) is 0. The molecule has 1 unspecified atom stereocenters. The van der Waals surface area contributed by atoms with Gasteiger partial charge in [-0.25, -0.2) is 0 Å². The topological polar surface area (TPSA) is 106 Å². The first-order valence-electron chi connectivity index (χ1n) is 11.3. The zero-order valence-corrected chi connectivity index (χ0v) is 18.0. The van der Waals surface area contributed by atoms with E-state index in [0.29, 0.717) is 58.7 Å². The van der Waals surface area contributed by atoms with Crippen molar-refractivity contribution in [3.8, 4) is 0 Å². The molecule has 3 aliphatic heterocycles. The number of hydrogen-bond acceptors (Lipinski definition) is 5. The lowest BCUT2D eigenvalue weighted by molar-refractivity contribution is -0.156. The predicted octanol–water partition coefficient (Wildman–Crippen LogP) is 0.993. The maximum Gasteiger partial charge on any atom is 0.228 e. The highest BCUT2D eigenvalue weighted by atomic mass is 16.5. The summed E-state index contributed by atoms with van der Waals surface area (Å²) < 4.78 is 5.73. The number of nitrogens with zero attached hydrogens (tertiary/aromatic N) is 3. The largest absolute Gasteiger partial charge is 0.381 e. The second kappa shape index (κ2) is 9.34. The second-order valence-electron chi connectivity index (χ2n) is 9.15. The fourth-order valence-corrected chi connectivity index (χ4v) is 5.35. The van der Waals surface area contributed by atoms with Crippen LogP contribution < -0.4 is 5.73 Å². The lowest BCUT2D eigenvalue weighted by atomic mass is 9.65. The van der Waals surface area contributed by atoms with E-state index in [4.69, 9.17) is 10.5 Å². The molecule has 3 aliphatic rings. The summed E-state index contributed by atoms with van der Waals surface area (Å²) in [6.07, 6.45) is 7.58. The molecule has 4 heterocycles. The second-order valence-corrected chi connectivity index (χ2v) is 9.15. The van der Waals surface area contributed by atoms with Crippen LogP contribution >= 0.6 is 0 Å². The van der Waals surface area contributed by atoms with E-state index >= 15 is 0 Å². The van der Waals surface area contributed by atoms with Crippen LogP contribution in [0, 0.1) is 17.3 Å². The molecule has 3 fully saturated rings. The molecule has 8 heteroatoms. The van der Waals surface area contributed by atoms with Crippen LogP contribution in [0.3, 0.4) is 0 Å². The van der Waals surface area contributed by atoms with Crippen LogP contribution in [0.15, 0.2) is 24.5 Å². The fraction of sp³-hybridized carbons (Fsp3) is 0.652. The van der Waals surface area contributed by atoms with Crippen LogP contribution in [0.1, 0.15) is 37.7 Å². The van der Waals surface area contributed by atoms with Crippen LogP contribution in [0.25, 0.3) is 0 Å². The molecule has 31 heavy (non-hydrogen) atoms. The molecular weight excluding hydrogens is 396 g/mol. The van der Waals surface area contributed by atoms with Gasteiger partial charge in [0.2, 0.25) is 17.7 Å². The number of hydrogen-bond donors (Lipinski definition) is 1. The molecule has 0 radical (unpaired) electrons. The zero-order chi connectivity index (χ0) is 21.8. The number of ether oxygens (including phenoxy) is 1. The smallest absolute Gasteiger partial charge is 0.228 e. The molecule has 3 amide bonds. The van der Waals surface area contributed by atoms with Crippen molar-refractivity contribution >= 4 is 17.7 Å². The van der Waals surface area contributed by atoms with Crippen molar-refractivity contribution in [1.82, 2.24) is 14.8 Å². The van der Waals surface area contributed by atoms with E-state index in [2.05, 4.69) is 4.98 Å². The zero-order valence-electron chi connectivity index (χ0n) is 18.0. The van der Waals surface area contributed by atoms with Crippen molar-refractivity contribution < 1.29 is 19.1 Å². The first kappa shape index (κ1) is 21.7. The molecule has 1 aromatic heterocycles. The molecule has 2 N–H and O–H groups in total. The summed E-state index contributed by atoms with van der Waals surface area (Å²) in [4.78, 5) is 45.4. The lowest BCUT2D eigenvalue weighted by Crippen LogP contribution is -2.55. The SMILES string of the molecule is NC(=O)C1CCN(C(=O)C2COCCC23CCN(C(=O)Cc2ccncc2)CC3)CC1. The normalized spacial score (nSPS) is 24.2. The standard InChI is InChI=1S/C23H32N4O4/c24-21(29)18-3-10-27(11-4-18)22(30)19-16-31-14-7-23(19)5-12-26(13-6-23)20(28)15-17-1-8-25-9-2-17/h1-2,8-9,18-19H,3-7,10-16H2,(H2,24,29). The van der Waals surface area contributed by atoms with Gasteiger partial charge in [0.05, 0.1) is 18.9 Å². The number of likely N-dealkylation sites (tertiary alicyclic amines) is 2. The first-order valence-corrected chi connectivity index (χ1v) is 11.3. The Balaban J connectivity index is 1.37. The third-order valence-corrected chi connectivity index (χ3v) is 7.49. The van der Waals surface area contributed by atoms with Gasteiger partial charge in [0, 0.05) is 51.1 Å². The van der Waals surface area contributed by atoms with Crippen LogP contribution in [-0.2, 0) is 25.5 Å². The fourth-order valence-electron chi connectivity index (χ4n) is 5.35. The van der Waals surface area contributed by atoms with Gasteiger partial charge in [0.25, 0.3) is 0 Å². The molecule has 0 saturated carbocycles. The van der Waals surface area contributed by atoms with Crippen LogP contribution in [-0.4, -0.2) is 71.9 Å². The number of pyridine rings is 1. The van der Waals surface area contributed by atoms with E-state index in [-0.39, 0.29) is 35.0 Å². The number of carbonyl (C=O) groups is 3. The minimum absolute atomic E-state index is 0.108. The van der Waals surface area contributed by atoms with Gasteiger partial charge in [-0.2, -0.15) is 0 Å². The number of carbonyl (C=O) groups excluding carboxylic acids is 3. The van der Waals surface area contributed by atoms with Crippen molar-refractivity contribution in [2.45, 2.75) is 38.5 Å². The van der Waals surface area contributed by atoms with Gasteiger partial charge in [0.1, 0.15) is 0 Å². The first-order chi connectivity index (χ1) is 15.0. The quantitative estimate of drug-likeness (QED) is 0.770. The Morgan fingerprint density at radius 3 is 2.35 bits per heavy atom. The molecule has 0 bridgehead atoms. The molecule has 8 nitrogen and oxygen atoms in total. The van der Waals surface area contributed by atoms with E-state index in [0.717, 1.165) is 24.8 Å². The highest BCUT2D eigenvalue weighted by molar-refractivity contribution is 5.82. The highest BCUT2D eigenvalue weighted by Crippen LogP contribution is 2.45. The van der Waals surface area contributed by atoms with Gasteiger partial charge < -0.3 is 20.3 Å². The van der Waals surface area contributed by atoms with Crippen molar-refractivity contribution in [3.05, 3.63) is 30.1 Å². The predicted molar refractivity (Wildman–Crippen MR) is 114 cm³/mol. The summed E-state index contributed by atoms with van der Waals surface area (Å²) in [5.74, 6) is -0.309. The molecule has 3 saturated heterocycles. The number of nitrogens with two attached hydrogens (primary N) is 1. The maximum atomic E-state index is 13.4. The Bertz CT molecular complexity index is 799. The Kier molecular flexibility index (Phi) is 6.55. The lowest BCUT2D eigenvalue weighted by Gasteiger charge is -2.49. The van der Waals surface area contributed by atoms with Gasteiger partial charge >= 0.3 is 0 Å². The summed E-state index contributed by atoms with van der Waals surface area (Å²) in [7, 11) is 0. The van der Waals surface area contributed by atoms with Gasteiger partial charge in [0.15, 0.2) is 0 Å². The Morgan fingerprint density at radius 2 is 1.71 bits per heavy atom. The number of piperidine rings is 2. The van der Waals surface area contributed by atoms with Gasteiger partial charge in [-0.15, -0.1) is 0 Å². The summed E-state index contributed by atoms with van der Waals surface area (Å²) in [6.45, 7) is 3.62. The third-order valence-electron chi connectivity index (χ3n) is 7.49. The maximum absolute atomic E-state index is 13.4. The molecule has 1 aromatic rings. The van der Waals surface area contributed by atoms with Gasteiger partial charge in [-0.05, 0) is 55.2 Å². The molecular formula is C23H32N4O4. The minimum atomic E-state index is -0.270. The molecule has 0 aliphatic carbocycles. The van der Waals surface area contributed by atoms with Gasteiger partial charge in [-0.3, -0.25) is 19.4 Å². The molecule has 0 aromatic carbocycles. The van der Waals surface area contributed by atoms with Crippen LogP contribution in [0.4, 0.5) is 0 Å². The number of primary amides is 1. The van der Waals surface area contributed by atoms with Crippen molar-refractivity contribution in [3.63, 3.8) is 0 Å². The van der Waals surface area contributed by atoms with Crippen molar-refractivity contribution in [2.24, 2.45) is 23.0 Å². The van der Waals surface area contributed by atoms with Crippen molar-refractivity contribution in [1.29, 1.82) is 0 Å². The minimum Gasteiger partial charge on any atom is -0.381 e. The average Bonchev–Trinajstić information content (AvgIpc) is 2.80. The Hall–Kier alpha value is -2.48. The number of rotatable bonds is 4. The van der Waals surface area contributed by atoms with E-state index < -0.39 is 0 Å². The van der Waals surface area contributed by atoms with E-state index in [9.17, 15) is 14.4 Å². The van der Waals surface area contributed by atoms with Crippen molar-refractivity contribution in [2.75, 3.05) is 39.4 Å². The van der Waals surface area contributed by atoms with E-state index in [1.807, 2.05) is 21.9 Å². The van der Waals surface area contributed by atoms with E-state index in [1.54, 1.807) is 12.4 Å². The third kappa shape index (κ3) is 4.74. The van der Waals surface area contributed by atoms with Crippen LogP contribution in [0.5, 0.6) is 0 Å². The van der Waals surface area contributed by atoms with E-state index in [1.165, 1.54) is 0 Å². The average molecular weight is 429 g/mol. The molecule has 1 atom stereocenters. The Labute approximate surface area is 183 Å². The monoisotopic (exact) mass is 428 g/mol. The summed E-state index contributed by atoms with van der Waals surface area (Å²) >= 11 is 0. The van der Waals surface area contributed by atoms with Gasteiger partial charge in [-0.1, -0.05) is 0 Å².